The van der Waals surface area contributed by atoms with Crippen LogP contribution in [0.15, 0.2) is 61.1 Å². The van der Waals surface area contributed by atoms with Crippen molar-refractivity contribution < 1.29 is 22.7 Å². The summed E-state index contributed by atoms with van der Waals surface area (Å²) in [6.45, 7) is 2.31. The van der Waals surface area contributed by atoms with Crippen LogP contribution in [-0.2, 0) is 10.9 Å². The highest BCUT2D eigenvalue weighted by Crippen LogP contribution is 2.37. The number of carbonyl (C=O) groups excluding carboxylic acids is 1. The average Bonchev–Trinajstić information content (AvgIpc) is 3.23. The number of ether oxygens (including phenoxy) is 1. The zero-order chi connectivity index (χ0) is 21.7. The van der Waals surface area contributed by atoms with Crippen LogP contribution in [0.4, 0.5) is 13.2 Å². The maximum absolute atomic E-state index is 13.4. The van der Waals surface area contributed by atoms with Crippen molar-refractivity contribution in [3.8, 4) is 16.8 Å². The summed E-state index contributed by atoms with van der Waals surface area (Å²) in [5.74, 6) is -0.336. The first-order valence-electron chi connectivity index (χ1n) is 9.44. The molecule has 158 valence electrons. The maximum Gasteiger partial charge on any atom is 0.417 e. The van der Waals surface area contributed by atoms with Crippen molar-refractivity contribution in [2.75, 3.05) is 13.7 Å². The van der Waals surface area contributed by atoms with Crippen molar-refractivity contribution in [1.29, 1.82) is 0 Å². The van der Waals surface area contributed by atoms with Crippen LogP contribution in [0.25, 0.3) is 16.8 Å². The Bertz CT molecular complexity index is 1010. The monoisotopic (exact) mass is 417 g/mol. The molecule has 1 N–H and O–H groups in total. The Hall–Kier alpha value is -3.13. The van der Waals surface area contributed by atoms with Crippen LogP contribution in [0, 0.1) is 0 Å². The molecular weight excluding hydrogens is 395 g/mol. The average molecular weight is 417 g/mol. The van der Waals surface area contributed by atoms with Gasteiger partial charge < -0.3 is 10.1 Å². The van der Waals surface area contributed by atoms with Crippen LogP contribution in [0.1, 0.15) is 29.4 Å². The summed E-state index contributed by atoms with van der Waals surface area (Å²) in [5.41, 5.74) is 0.573. The summed E-state index contributed by atoms with van der Waals surface area (Å²) >= 11 is 0. The van der Waals surface area contributed by atoms with Gasteiger partial charge in [0.1, 0.15) is 5.69 Å². The molecule has 0 fully saturated rings. The summed E-state index contributed by atoms with van der Waals surface area (Å²) in [6, 6.07) is 11.8. The van der Waals surface area contributed by atoms with Gasteiger partial charge in [-0.1, -0.05) is 37.3 Å². The van der Waals surface area contributed by atoms with Crippen LogP contribution >= 0.6 is 0 Å². The minimum atomic E-state index is -4.47. The lowest BCUT2D eigenvalue weighted by atomic mass is 9.99. The lowest BCUT2D eigenvalue weighted by Crippen LogP contribution is -2.38. The van der Waals surface area contributed by atoms with Gasteiger partial charge in [0.15, 0.2) is 0 Å². The van der Waals surface area contributed by atoms with Gasteiger partial charge in [0.05, 0.1) is 30.7 Å². The number of halogens is 3. The van der Waals surface area contributed by atoms with Crippen molar-refractivity contribution in [1.82, 2.24) is 14.9 Å². The van der Waals surface area contributed by atoms with E-state index in [1.165, 1.54) is 24.7 Å². The molecule has 5 nitrogen and oxygen atoms in total. The van der Waals surface area contributed by atoms with Gasteiger partial charge >= 0.3 is 6.18 Å². The number of benzene rings is 2. The van der Waals surface area contributed by atoms with Crippen LogP contribution in [0.5, 0.6) is 0 Å². The normalized spacial score (nSPS) is 12.6. The summed E-state index contributed by atoms with van der Waals surface area (Å²) in [7, 11) is 1.56. The number of amides is 1. The molecule has 0 radical (unpaired) electrons. The van der Waals surface area contributed by atoms with Gasteiger partial charge in [-0.25, -0.2) is 4.98 Å². The van der Waals surface area contributed by atoms with E-state index in [-0.39, 0.29) is 23.2 Å². The summed E-state index contributed by atoms with van der Waals surface area (Å²) in [6.07, 6.45) is -0.896. The minimum Gasteiger partial charge on any atom is -0.383 e. The Morgan fingerprint density at radius 1 is 1.20 bits per heavy atom. The fourth-order valence-electron chi connectivity index (χ4n) is 3.20. The van der Waals surface area contributed by atoms with Gasteiger partial charge in [-0.05, 0) is 35.7 Å². The van der Waals surface area contributed by atoms with Crippen LogP contribution in [-0.4, -0.2) is 35.2 Å². The SMILES string of the molecule is CC[C@H](COC)NC(=O)c1cncn1-c1cccc(-c2ccccc2C(F)(F)F)c1. The van der Waals surface area contributed by atoms with Gasteiger partial charge in [-0.3, -0.25) is 9.36 Å². The first-order valence-corrected chi connectivity index (χ1v) is 9.44. The van der Waals surface area contributed by atoms with E-state index in [1.807, 2.05) is 6.92 Å². The number of carbonyl (C=O) groups is 1. The highest BCUT2D eigenvalue weighted by molar-refractivity contribution is 5.93. The minimum absolute atomic E-state index is 0.0732. The molecule has 0 aliphatic rings. The van der Waals surface area contributed by atoms with Crippen molar-refractivity contribution in [2.24, 2.45) is 0 Å². The van der Waals surface area contributed by atoms with Crippen LogP contribution in [0.3, 0.4) is 0 Å². The van der Waals surface area contributed by atoms with Gasteiger partial charge in [0, 0.05) is 12.8 Å². The van der Waals surface area contributed by atoms with E-state index in [2.05, 4.69) is 10.3 Å². The van der Waals surface area contributed by atoms with Crippen molar-refractivity contribution in [2.45, 2.75) is 25.6 Å². The van der Waals surface area contributed by atoms with E-state index >= 15 is 0 Å². The highest BCUT2D eigenvalue weighted by Gasteiger charge is 2.33. The number of hydrogen-bond acceptors (Lipinski definition) is 3. The molecule has 0 aliphatic carbocycles. The van der Waals surface area contributed by atoms with E-state index in [0.717, 1.165) is 6.07 Å². The standard InChI is InChI=1S/C22H22F3N3O2/c1-3-16(13-30-2)27-21(29)20-12-26-14-28(20)17-8-6-7-15(11-17)18-9-4-5-10-19(18)22(23,24)25/h4-12,14,16H,3,13H2,1-2H3,(H,27,29)/t16-/m1/s1. The Kier molecular flexibility index (Phi) is 6.56. The molecule has 8 heteroatoms. The molecule has 0 unspecified atom stereocenters. The topological polar surface area (TPSA) is 56.1 Å². The van der Waals surface area contributed by atoms with Gasteiger partial charge in [0.2, 0.25) is 0 Å². The number of aromatic nitrogens is 2. The van der Waals surface area contributed by atoms with E-state index in [1.54, 1.807) is 42.0 Å². The molecule has 1 aromatic heterocycles. The van der Waals surface area contributed by atoms with E-state index in [0.29, 0.717) is 24.3 Å². The molecule has 3 rings (SSSR count). The van der Waals surface area contributed by atoms with E-state index in [9.17, 15) is 18.0 Å². The van der Waals surface area contributed by atoms with Gasteiger partial charge in [-0.2, -0.15) is 13.2 Å². The Morgan fingerprint density at radius 3 is 2.67 bits per heavy atom. The fourth-order valence-corrected chi connectivity index (χ4v) is 3.20. The molecule has 0 saturated heterocycles. The molecule has 1 heterocycles. The van der Waals surface area contributed by atoms with Crippen molar-refractivity contribution in [3.05, 3.63) is 72.3 Å². The lowest BCUT2D eigenvalue weighted by molar-refractivity contribution is -0.137. The molecule has 30 heavy (non-hydrogen) atoms. The predicted octanol–water partition coefficient (Wildman–Crippen LogP) is 4.71. The largest absolute Gasteiger partial charge is 0.417 e. The van der Waals surface area contributed by atoms with Crippen LogP contribution in [0.2, 0.25) is 0 Å². The summed E-state index contributed by atoms with van der Waals surface area (Å²) in [4.78, 5) is 16.8. The number of alkyl halides is 3. The summed E-state index contributed by atoms with van der Waals surface area (Å²) in [5, 5.41) is 2.88. The molecule has 0 bridgehead atoms. The third kappa shape index (κ3) is 4.71. The van der Waals surface area contributed by atoms with Crippen LogP contribution < -0.4 is 5.32 Å². The molecule has 0 saturated carbocycles. The maximum atomic E-state index is 13.4. The molecule has 3 aromatic rings. The highest BCUT2D eigenvalue weighted by atomic mass is 19.4. The Balaban J connectivity index is 1.96. The number of imidazole rings is 1. The first kappa shape index (κ1) is 21.6. The second-order valence-electron chi connectivity index (χ2n) is 6.78. The molecular formula is C22H22F3N3O2. The lowest BCUT2D eigenvalue weighted by Gasteiger charge is -2.17. The number of nitrogens with zero attached hydrogens (tertiary/aromatic N) is 2. The summed E-state index contributed by atoms with van der Waals surface area (Å²) < 4.78 is 46.9. The number of hydrogen-bond donors (Lipinski definition) is 1. The number of methoxy groups -OCH3 is 1. The van der Waals surface area contributed by atoms with Crippen molar-refractivity contribution in [3.63, 3.8) is 0 Å². The number of rotatable bonds is 7. The van der Waals surface area contributed by atoms with Gasteiger partial charge in [0.25, 0.3) is 5.91 Å². The Labute approximate surface area is 172 Å². The smallest absolute Gasteiger partial charge is 0.383 e. The zero-order valence-electron chi connectivity index (χ0n) is 16.6. The van der Waals surface area contributed by atoms with Gasteiger partial charge in [-0.15, -0.1) is 0 Å². The first-order chi connectivity index (χ1) is 14.3. The molecule has 1 amide bonds. The zero-order valence-corrected chi connectivity index (χ0v) is 16.6. The molecule has 1 atom stereocenters. The molecule has 0 spiro atoms. The molecule has 0 aliphatic heterocycles. The second-order valence-corrected chi connectivity index (χ2v) is 6.78. The third-order valence-electron chi connectivity index (χ3n) is 4.73. The third-order valence-corrected chi connectivity index (χ3v) is 4.73. The quantitative estimate of drug-likeness (QED) is 0.606. The fraction of sp³-hybridized carbons (Fsp3) is 0.273. The van der Waals surface area contributed by atoms with Crippen molar-refractivity contribution >= 4 is 5.91 Å². The molecule has 2 aromatic carbocycles. The number of nitrogens with one attached hydrogen (secondary N) is 1. The predicted molar refractivity (Wildman–Crippen MR) is 107 cm³/mol. The van der Waals surface area contributed by atoms with E-state index < -0.39 is 11.7 Å². The Morgan fingerprint density at radius 2 is 1.97 bits per heavy atom. The van der Waals surface area contributed by atoms with E-state index in [4.69, 9.17) is 4.74 Å². The second kappa shape index (κ2) is 9.13.